The Morgan fingerprint density at radius 1 is 1.48 bits per heavy atom. The number of nitrogens with one attached hydrogen (secondary N) is 2. The molecule has 1 aliphatic rings. The van der Waals surface area contributed by atoms with Crippen LogP contribution in [-0.4, -0.2) is 27.3 Å². The average Bonchev–Trinajstić information content (AvgIpc) is 2.86. The Kier molecular flexibility index (Phi) is 4.23. The largest absolute Gasteiger partial charge is 0.465 e. The smallest absolute Gasteiger partial charge is 0.317 e. The number of H-pyrrole nitrogens is 1. The summed E-state index contributed by atoms with van der Waals surface area (Å²) in [6.45, 7) is 6.02. The highest BCUT2D eigenvalue weighted by Crippen LogP contribution is 2.38. The van der Waals surface area contributed by atoms with Gasteiger partial charge in [0.15, 0.2) is 0 Å². The monoisotopic (exact) mass is 350 g/mol. The van der Waals surface area contributed by atoms with Gasteiger partial charge in [0.2, 0.25) is 10.7 Å². The van der Waals surface area contributed by atoms with Gasteiger partial charge in [0.05, 0.1) is 12.6 Å². The number of rotatable bonds is 3. The lowest BCUT2D eigenvalue weighted by atomic mass is 9.89. The second kappa shape index (κ2) is 6.17. The summed E-state index contributed by atoms with van der Waals surface area (Å²) in [6, 6.07) is 6.88. The van der Waals surface area contributed by atoms with Gasteiger partial charge in [-0.15, -0.1) is 0 Å². The van der Waals surface area contributed by atoms with Crippen LogP contribution in [0.1, 0.15) is 18.5 Å². The number of nitrogens with zero attached hydrogens (tertiary/aromatic N) is 2. The van der Waals surface area contributed by atoms with Crippen molar-refractivity contribution in [1.82, 2.24) is 14.8 Å². The molecule has 0 bridgehead atoms. The number of anilines is 1. The first-order chi connectivity index (χ1) is 11.0. The number of benzene rings is 1. The second-order valence-electron chi connectivity index (χ2n) is 5.10. The number of fused-ring (bicyclic) bond motifs is 1. The van der Waals surface area contributed by atoms with E-state index in [9.17, 15) is 4.79 Å². The summed E-state index contributed by atoms with van der Waals surface area (Å²) in [5, 5.41) is 6.62. The van der Waals surface area contributed by atoms with Crippen LogP contribution in [0.2, 0.25) is 5.02 Å². The zero-order valence-electron chi connectivity index (χ0n) is 12.4. The number of hydrogen-bond donors (Lipinski definition) is 2. The van der Waals surface area contributed by atoms with E-state index >= 15 is 0 Å². The highest BCUT2D eigenvalue weighted by atomic mass is 35.5. The van der Waals surface area contributed by atoms with Crippen LogP contribution in [0.4, 0.5) is 5.95 Å². The molecule has 0 saturated heterocycles. The third-order valence-corrected chi connectivity index (χ3v) is 4.08. The van der Waals surface area contributed by atoms with Gasteiger partial charge < -0.3 is 10.1 Å². The van der Waals surface area contributed by atoms with Crippen molar-refractivity contribution in [2.75, 3.05) is 11.9 Å². The van der Waals surface area contributed by atoms with Crippen LogP contribution in [-0.2, 0) is 9.53 Å². The molecular weight excluding hydrogens is 336 g/mol. The number of esters is 1. The summed E-state index contributed by atoms with van der Waals surface area (Å²) in [5.41, 5.74) is 1.39. The molecule has 0 aliphatic carbocycles. The summed E-state index contributed by atoms with van der Waals surface area (Å²) >= 11 is 11.1. The first-order valence-electron chi connectivity index (χ1n) is 7.07. The van der Waals surface area contributed by atoms with Gasteiger partial charge >= 0.3 is 5.97 Å². The number of aromatic amines is 1. The molecule has 0 amide bonds. The minimum atomic E-state index is -0.608. The highest BCUT2D eigenvalue weighted by Gasteiger charge is 2.40. The number of hydrogen-bond acceptors (Lipinski definition) is 5. The Morgan fingerprint density at radius 3 is 2.83 bits per heavy atom. The standard InChI is InChI=1S/C15H15ClN4O2S/c1-3-22-13(21)11-8(2)17-14-18-15(23)19-20(14)12(11)9-4-6-10(16)7-5-9/h4-7,11-12H,2-3H2,1H3,(H2,17,18,19,23)/t11-,12+/m1/s1. The van der Waals surface area contributed by atoms with Gasteiger partial charge in [0.25, 0.3) is 0 Å². The van der Waals surface area contributed by atoms with E-state index in [-0.39, 0.29) is 12.0 Å². The molecule has 0 fully saturated rings. The molecule has 23 heavy (non-hydrogen) atoms. The summed E-state index contributed by atoms with van der Waals surface area (Å²) in [5.74, 6) is -0.451. The van der Waals surface area contributed by atoms with E-state index in [0.717, 1.165) is 5.56 Å². The quantitative estimate of drug-likeness (QED) is 0.656. The average molecular weight is 351 g/mol. The third kappa shape index (κ3) is 2.89. The van der Waals surface area contributed by atoms with Gasteiger partial charge in [-0.1, -0.05) is 30.3 Å². The van der Waals surface area contributed by atoms with Crippen LogP contribution in [0, 0.1) is 10.7 Å². The second-order valence-corrected chi connectivity index (χ2v) is 5.92. The van der Waals surface area contributed by atoms with Crippen LogP contribution < -0.4 is 5.32 Å². The van der Waals surface area contributed by atoms with E-state index < -0.39 is 5.92 Å². The lowest BCUT2D eigenvalue weighted by Crippen LogP contribution is -2.37. The van der Waals surface area contributed by atoms with E-state index in [1.165, 1.54) is 0 Å². The van der Waals surface area contributed by atoms with E-state index in [0.29, 0.717) is 28.0 Å². The van der Waals surface area contributed by atoms with Gasteiger partial charge in [-0.05, 0) is 36.8 Å². The van der Waals surface area contributed by atoms with Crippen molar-refractivity contribution in [2.24, 2.45) is 5.92 Å². The number of aromatic nitrogens is 3. The van der Waals surface area contributed by atoms with Crippen LogP contribution >= 0.6 is 23.8 Å². The first-order valence-corrected chi connectivity index (χ1v) is 7.86. The predicted molar refractivity (Wildman–Crippen MR) is 89.9 cm³/mol. The van der Waals surface area contributed by atoms with Crippen molar-refractivity contribution in [1.29, 1.82) is 0 Å². The van der Waals surface area contributed by atoms with Crippen LogP contribution in [0.25, 0.3) is 0 Å². The van der Waals surface area contributed by atoms with E-state index in [1.54, 1.807) is 23.7 Å². The van der Waals surface area contributed by atoms with E-state index in [2.05, 4.69) is 22.0 Å². The van der Waals surface area contributed by atoms with Crippen molar-refractivity contribution in [3.8, 4) is 0 Å². The Labute approximate surface area is 143 Å². The fourth-order valence-electron chi connectivity index (χ4n) is 2.69. The molecule has 3 rings (SSSR count). The SMILES string of the molecule is C=C1Nc2nc(=S)[nH]n2[C@@H](c2ccc(Cl)cc2)[C@@H]1C(=O)OCC. The van der Waals surface area contributed by atoms with Gasteiger partial charge in [-0.25, -0.2) is 4.68 Å². The summed E-state index contributed by atoms with van der Waals surface area (Å²) in [7, 11) is 0. The molecule has 6 nitrogen and oxygen atoms in total. The molecule has 0 spiro atoms. The van der Waals surface area contributed by atoms with E-state index in [1.807, 2.05) is 12.1 Å². The Balaban J connectivity index is 2.14. The number of carbonyl (C=O) groups is 1. The number of halogens is 1. The first kappa shape index (κ1) is 15.8. The molecule has 2 aromatic rings. The zero-order chi connectivity index (χ0) is 16.6. The molecule has 0 unspecified atom stereocenters. The normalized spacial score (nSPS) is 19.8. The van der Waals surface area contributed by atoms with Gasteiger partial charge in [0.1, 0.15) is 5.92 Å². The molecule has 2 atom stereocenters. The van der Waals surface area contributed by atoms with Crippen molar-refractivity contribution in [3.63, 3.8) is 0 Å². The molecule has 1 aromatic heterocycles. The lowest BCUT2D eigenvalue weighted by Gasteiger charge is -2.33. The molecule has 1 aliphatic heterocycles. The molecule has 1 aromatic carbocycles. The maximum Gasteiger partial charge on any atom is 0.317 e. The van der Waals surface area contributed by atoms with Crippen LogP contribution in [0.5, 0.6) is 0 Å². The molecule has 2 heterocycles. The summed E-state index contributed by atoms with van der Waals surface area (Å²) in [4.78, 5) is 16.7. The Morgan fingerprint density at radius 2 is 2.17 bits per heavy atom. The van der Waals surface area contributed by atoms with Gasteiger partial charge in [-0.3, -0.25) is 9.89 Å². The topological polar surface area (TPSA) is 71.9 Å². The Hall–Kier alpha value is -2.12. The number of carbonyl (C=O) groups excluding carboxylic acids is 1. The van der Waals surface area contributed by atoms with Crippen molar-refractivity contribution >= 4 is 35.7 Å². The minimum absolute atomic E-state index is 0.294. The zero-order valence-corrected chi connectivity index (χ0v) is 13.9. The molecule has 0 radical (unpaired) electrons. The van der Waals surface area contributed by atoms with Crippen LogP contribution in [0.15, 0.2) is 36.5 Å². The van der Waals surface area contributed by atoms with E-state index in [4.69, 9.17) is 28.6 Å². The molecule has 8 heteroatoms. The highest BCUT2D eigenvalue weighted by molar-refractivity contribution is 7.71. The Bertz CT molecular complexity index is 812. The molecule has 0 saturated carbocycles. The van der Waals surface area contributed by atoms with Crippen molar-refractivity contribution in [3.05, 3.63) is 51.9 Å². The van der Waals surface area contributed by atoms with Gasteiger partial charge in [-0.2, -0.15) is 4.98 Å². The van der Waals surface area contributed by atoms with Crippen LogP contribution in [0.3, 0.4) is 0 Å². The molecule has 120 valence electrons. The fraction of sp³-hybridized carbons (Fsp3) is 0.267. The summed E-state index contributed by atoms with van der Waals surface area (Å²) < 4.78 is 7.26. The fourth-order valence-corrected chi connectivity index (χ4v) is 3.00. The third-order valence-electron chi connectivity index (χ3n) is 3.65. The number of ether oxygens (including phenoxy) is 1. The van der Waals surface area contributed by atoms with Crippen molar-refractivity contribution < 1.29 is 9.53 Å². The molecular formula is C15H15ClN4O2S. The maximum atomic E-state index is 12.5. The summed E-state index contributed by atoms with van der Waals surface area (Å²) in [6.07, 6.45) is 0. The maximum absolute atomic E-state index is 12.5. The molecule has 2 N–H and O–H groups in total. The van der Waals surface area contributed by atoms with Crippen molar-refractivity contribution in [2.45, 2.75) is 13.0 Å². The lowest BCUT2D eigenvalue weighted by molar-refractivity contribution is -0.147. The predicted octanol–water partition coefficient (Wildman–Crippen LogP) is 3.30. The minimum Gasteiger partial charge on any atom is -0.465 e. The van der Waals surface area contributed by atoms with Gasteiger partial charge in [0, 0.05) is 10.7 Å².